The van der Waals surface area contributed by atoms with E-state index in [2.05, 4.69) is 126 Å². The normalized spacial score (nSPS) is 13.7. The Labute approximate surface area is 706 Å². The van der Waals surface area contributed by atoms with Crippen molar-refractivity contribution < 1.29 is 9.59 Å². The van der Waals surface area contributed by atoms with E-state index in [1.165, 1.54) is 407 Å². The molecule has 3 aromatic carbocycles. The lowest BCUT2D eigenvalue weighted by molar-refractivity contribution is 0.100. The number of anilines is 2. The van der Waals surface area contributed by atoms with Gasteiger partial charge >= 0.3 is 0 Å². The molecule has 0 unspecified atom stereocenters. The number of carbonyl (C=O) groups excluding carboxylic acids is 2. The highest BCUT2D eigenvalue weighted by molar-refractivity contribution is 7.19. The minimum absolute atomic E-state index is 0.0289. The third-order valence-corrected chi connectivity index (χ3v) is 28.6. The minimum atomic E-state index is 0.0289. The first-order valence-corrected chi connectivity index (χ1v) is 51.1. The number of fused-ring (bicyclic) bond motifs is 3. The van der Waals surface area contributed by atoms with Gasteiger partial charge in [0.2, 0.25) is 11.6 Å². The number of Topliss-reactive ketones (excluding diaryl/α,β-unsaturated/α-hetero) is 2. The SMILES string of the molecule is CCCCCCCCCCCCCCc1cc(C)sc1-c1ccc(-c2sc(-c3ccc4c(c3)N(CC(CCCCCCCCCC)CCCCCCCCCC)/C(=C3\C(=O)c5ccc(C)cc5N3CC(CCCCCCCCCC)CCCCCCCCCC)C4=O)cc2CCCCCCCCCCCCCC)c2nsnc12. The van der Waals surface area contributed by atoms with E-state index in [0.717, 1.165) is 103 Å². The molecular formula is C104H164N4O2S3. The highest BCUT2D eigenvalue weighted by Crippen LogP contribution is 2.49. The Kier molecular flexibility index (Phi) is 47.3. The molecule has 0 radical (unpaired) electrons. The highest BCUT2D eigenvalue weighted by atomic mass is 32.1. The largest absolute Gasteiger partial charge is 0.336 e. The van der Waals surface area contributed by atoms with Crippen molar-refractivity contribution in [3.05, 3.63) is 105 Å². The average molecular weight is 1600 g/mol. The fourth-order valence-electron chi connectivity index (χ4n) is 18.7. The van der Waals surface area contributed by atoms with Gasteiger partial charge in [-0.3, -0.25) is 9.59 Å². The summed E-state index contributed by atoms with van der Waals surface area (Å²) in [6, 6.07) is 23.1. The van der Waals surface area contributed by atoms with Crippen LogP contribution in [-0.2, 0) is 12.8 Å². The van der Waals surface area contributed by atoms with E-state index in [4.69, 9.17) is 8.75 Å². The van der Waals surface area contributed by atoms with E-state index in [0.29, 0.717) is 23.2 Å². The second-order valence-electron chi connectivity index (χ2n) is 35.7. The van der Waals surface area contributed by atoms with Gasteiger partial charge in [-0.25, -0.2) is 0 Å². The van der Waals surface area contributed by atoms with E-state index in [-0.39, 0.29) is 11.6 Å². The van der Waals surface area contributed by atoms with Gasteiger partial charge in [-0.1, -0.05) is 413 Å². The highest BCUT2D eigenvalue weighted by Gasteiger charge is 2.44. The van der Waals surface area contributed by atoms with E-state index < -0.39 is 0 Å². The fraction of sp³-hybridized carbons (Fsp3) is 0.712. The molecule has 0 saturated heterocycles. The van der Waals surface area contributed by atoms with Crippen molar-refractivity contribution in [1.29, 1.82) is 0 Å². The van der Waals surface area contributed by atoms with E-state index >= 15 is 9.59 Å². The molecule has 6 nitrogen and oxygen atoms in total. The number of nitrogens with zero attached hydrogens (tertiary/aromatic N) is 4. The maximum atomic E-state index is 16.4. The molecule has 0 N–H and O–H groups in total. The van der Waals surface area contributed by atoms with Crippen molar-refractivity contribution in [2.75, 3.05) is 22.9 Å². The predicted molar refractivity (Wildman–Crippen MR) is 501 cm³/mol. The summed E-state index contributed by atoms with van der Waals surface area (Å²) >= 11 is 5.23. The molecular weight excluding hydrogens is 1430 g/mol. The summed E-state index contributed by atoms with van der Waals surface area (Å²) in [6.45, 7) is 19.9. The van der Waals surface area contributed by atoms with Gasteiger partial charge in [0.1, 0.15) is 22.4 Å². The molecule has 9 heteroatoms. The fourth-order valence-corrected chi connectivity index (χ4v) is 21.6. The Morgan fingerprint density at radius 1 is 0.310 bits per heavy atom. The maximum absolute atomic E-state index is 16.4. The number of hydrogen-bond acceptors (Lipinski definition) is 9. The molecule has 2 aliphatic rings. The van der Waals surface area contributed by atoms with Crippen molar-refractivity contribution in [1.82, 2.24) is 8.75 Å². The summed E-state index contributed by atoms with van der Waals surface area (Å²) in [4.78, 5) is 42.6. The monoisotopic (exact) mass is 1600 g/mol. The van der Waals surface area contributed by atoms with Crippen LogP contribution in [0.3, 0.4) is 0 Å². The van der Waals surface area contributed by atoms with Crippen molar-refractivity contribution in [2.45, 2.75) is 453 Å². The van der Waals surface area contributed by atoms with Gasteiger partial charge in [-0.15, -0.1) is 22.7 Å². The molecule has 113 heavy (non-hydrogen) atoms. The maximum Gasteiger partial charge on any atom is 0.213 e. The summed E-state index contributed by atoms with van der Waals surface area (Å²) in [5.41, 5.74) is 14.5. The molecule has 0 amide bonds. The van der Waals surface area contributed by atoms with Gasteiger partial charge in [0, 0.05) is 54.9 Å². The number of unbranched alkanes of at least 4 members (excludes halogenated alkanes) is 50. The molecule has 6 aromatic rings. The molecule has 630 valence electrons. The quantitative estimate of drug-likeness (QED) is 0.0280. The van der Waals surface area contributed by atoms with Crippen molar-refractivity contribution in [2.24, 2.45) is 11.8 Å². The molecule has 0 fully saturated rings. The summed E-state index contributed by atoms with van der Waals surface area (Å²) in [6.07, 6.45) is 80.8. The first-order chi connectivity index (χ1) is 55.6. The van der Waals surface area contributed by atoms with Gasteiger partial charge in [0.25, 0.3) is 0 Å². The molecule has 0 aliphatic carbocycles. The summed E-state index contributed by atoms with van der Waals surface area (Å²) in [7, 11) is 0. The average Bonchev–Trinajstić information content (AvgIpc) is 1.50. The second-order valence-corrected chi connectivity index (χ2v) is 38.5. The van der Waals surface area contributed by atoms with Gasteiger partial charge in [0.05, 0.1) is 23.1 Å². The molecule has 3 aromatic heterocycles. The van der Waals surface area contributed by atoms with Crippen LogP contribution in [0.25, 0.3) is 42.4 Å². The lowest BCUT2D eigenvalue weighted by Crippen LogP contribution is -2.35. The lowest BCUT2D eigenvalue weighted by atomic mass is 9.92. The Bertz CT molecular complexity index is 3540. The number of allylic oxidation sites excluding steroid dienone is 2. The molecule has 8 rings (SSSR count). The number of benzene rings is 3. The Morgan fingerprint density at radius 2 is 0.602 bits per heavy atom. The van der Waals surface area contributed by atoms with Crippen LogP contribution < -0.4 is 9.80 Å². The molecule has 2 aliphatic heterocycles. The number of hydrogen-bond donors (Lipinski definition) is 0. The van der Waals surface area contributed by atoms with Gasteiger partial charge in [-0.05, 0) is 136 Å². The van der Waals surface area contributed by atoms with E-state index in [1.807, 2.05) is 22.7 Å². The topological polar surface area (TPSA) is 66.4 Å². The number of aromatic nitrogens is 2. The Balaban J connectivity index is 1.16. The van der Waals surface area contributed by atoms with Crippen LogP contribution in [0.15, 0.2) is 72.1 Å². The molecule has 0 bridgehead atoms. The number of rotatable bonds is 69. The third kappa shape index (κ3) is 32.3. The van der Waals surface area contributed by atoms with Crippen molar-refractivity contribution >= 4 is 68.4 Å². The molecule has 0 spiro atoms. The van der Waals surface area contributed by atoms with Crippen LogP contribution >= 0.6 is 34.4 Å². The number of carbonyl (C=O) groups is 2. The summed E-state index contributed by atoms with van der Waals surface area (Å²) < 4.78 is 10.5. The zero-order chi connectivity index (χ0) is 79.7. The summed E-state index contributed by atoms with van der Waals surface area (Å²) in [5, 5.41) is 0. The standard InChI is InChI=1S/C104H164N4O2S3/c1-9-15-21-27-33-39-41-43-45-51-57-63-69-88-78-84(8)111-103(88)92-75-76-93(98-97(92)105-113-106-98)104-89(70-64-58-52-46-44-42-40-34-28-22-16-10-2)80-96(112-104)87-72-74-91-95(79-87)108(82-86(67-61-55-49-37-31-25-19-13-5)68-62-56-50-38-32-26-20-14-6)100(102(91)110)99-101(109)90-73-71-83(7)77-94(90)107(99)81-85(65-59-53-47-35-29-23-17-11-3)66-60-54-48-36-30-24-18-12-4/h71-80,85-86H,9-70,81-82H2,1-8H3/b100-99+. The van der Waals surface area contributed by atoms with Crippen LogP contribution in [0.4, 0.5) is 11.4 Å². The Hall–Kier alpha value is -4.44. The van der Waals surface area contributed by atoms with Crippen LogP contribution in [0.1, 0.15) is 469 Å². The van der Waals surface area contributed by atoms with Crippen LogP contribution in [0.5, 0.6) is 0 Å². The number of ketones is 2. The Morgan fingerprint density at radius 3 is 0.956 bits per heavy atom. The molecule has 0 atom stereocenters. The van der Waals surface area contributed by atoms with Crippen molar-refractivity contribution in [3.8, 4) is 31.3 Å². The lowest BCUT2D eigenvalue weighted by Gasteiger charge is -2.32. The minimum Gasteiger partial charge on any atom is -0.336 e. The zero-order valence-electron chi connectivity index (χ0n) is 74.0. The first-order valence-electron chi connectivity index (χ1n) is 48.8. The number of aryl methyl sites for hydroxylation is 4. The third-order valence-electron chi connectivity index (χ3n) is 25.7. The first kappa shape index (κ1) is 94.0. The van der Waals surface area contributed by atoms with Crippen molar-refractivity contribution in [3.63, 3.8) is 0 Å². The van der Waals surface area contributed by atoms with E-state index in [9.17, 15) is 0 Å². The van der Waals surface area contributed by atoms with Gasteiger partial charge in [0.15, 0.2) is 0 Å². The molecule has 5 heterocycles. The van der Waals surface area contributed by atoms with E-state index in [1.54, 1.807) is 0 Å². The zero-order valence-corrected chi connectivity index (χ0v) is 76.5. The van der Waals surface area contributed by atoms with Gasteiger partial charge < -0.3 is 9.80 Å². The number of thiophene rings is 2. The smallest absolute Gasteiger partial charge is 0.213 e. The predicted octanol–water partition coefficient (Wildman–Crippen LogP) is 35.2. The molecule has 0 saturated carbocycles. The summed E-state index contributed by atoms with van der Waals surface area (Å²) in [5.74, 6) is 0.865. The van der Waals surface area contributed by atoms with Gasteiger partial charge in [-0.2, -0.15) is 8.75 Å². The second kappa shape index (κ2) is 56.9. The van der Waals surface area contributed by atoms with Crippen LogP contribution in [-0.4, -0.2) is 33.4 Å². The van der Waals surface area contributed by atoms with Crippen LogP contribution in [0, 0.1) is 25.7 Å². The van der Waals surface area contributed by atoms with Crippen LogP contribution in [0.2, 0.25) is 0 Å².